The minimum absolute atomic E-state index is 1.16. The van der Waals surface area contributed by atoms with Crippen LogP contribution < -0.4 is 0 Å². The van der Waals surface area contributed by atoms with Crippen molar-refractivity contribution in [1.29, 1.82) is 0 Å². The Morgan fingerprint density at radius 3 is 1.00 bits per heavy atom. The Bertz CT molecular complexity index is 315. The van der Waals surface area contributed by atoms with E-state index < -0.39 is 0 Å². The molecule has 0 saturated carbocycles. The summed E-state index contributed by atoms with van der Waals surface area (Å²) in [6.07, 6.45) is 2.32. The van der Waals surface area contributed by atoms with Crippen LogP contribution in [0.15, 0.2) is 0 Å². The number of benzene rings is 1. The molecule has 106 valence electrons. The van der Waals surface area contributed by atoms with E-state index in [4.69, 9.17) is 0 Å². The van der Waals surface area contributed by atoms with Crippen molar-refractivity contribution < 1.29 is 0 Å². The van der Waals surface area contributed by atoms with Gasteiger partial charge < -0.3 is 0 Å². The zero-order chi connectivity index (χ0) is 14.9. The van der Waals surface area contributed by atoms with Crippen molar-refractivity contribution in [2.45, 2.75) is 82.1 Å². The molecule has 0 heteroatoms. The van der Waals surface area contributed by atoms with Crippen LogP contribution in [0.2, 0.25) is 0 Å². The molecule has 0 aromatic heterocycles. The molecule has 0 fully saturated rings. The molecular formula is C18H34. The lowest BCUT2D eigenvalue weighted by atomic mass is 9.87. The van der Waals surface area contributed by atoms with Gasteiger partial charge in [0.2, 0.25) is 0 Å². The number of hydrogen-bond acceptors (Lipinski definition) is 0. The predicted octanol–water partition coefficient (Wildman–Crippen LogP) is 6.10. The van der Waals surface area contributed by atoms with Crippen LogP contribution in [0.3, 0.4) is 0 Å². The maximum atomic E-state index is 2.27. The maximum Gasteiger partial charge on any atom is -0.0302 e. The predicted molar refractivity (Wildman–Crippen MR) is 86.8 cm³/mol. The lowest BCUT2D eigenvalue weighted by Gasteiger charge is -2.19. The summed E-state index contributed by atoms with van der Waals surface area (Å²) in [6.45, 7) is 21.5. The fourth-order valence-corrected chi connectivity index (χ4v) is 2.54. The third kappa shape index (κ3) is 4.15. The first kappa shape index (κ1) is 19.6. The highest BCUT2D eigenvalue weighted by atomic mass is 14.2. The molecule has 1 rings (SSSR count). The van der Waals surface area contributed by atoms with Crippen LogP contribution in [0.4, 0.5) is 0 Å². The molecular weight excluding hydrogens is 216 g/mol. The van der Waals surface area contributed by atoms with Crippen molar-refractivity contribution in [2.75, 3.05) is 0 Å². The van der Waals surface area contributed by atoms with Gasteiger partial charge in [-0.25, -0.2) is 0 Å². The van der Waals surface area contributed by atoms with E-state index in [9.17, 15) is 0 Å². The van der Waals surface area contributed by atoms with E-state index in [2.05, 4.69) is 41.5 Å². The highest BCUT2D eigenvalue weighted by Crippen LogP contribution is 2.27. The molecule has 0 heterocycles. The SMILES string of the molecule is CC.CC.CCc1c(C)c(C)c(C)c(CC)c1C. The van der Waals surface area contributed by atoms with Gasteiger partial charge in [-0.3, -0.25) is 0 Å². The van der Waals surface area contributed by atoms with Crippen molar-refractivity contribution in [2.24, 2.45) is 0 Å². The molecule has 0 radical (unpaired) electrons. The van der Waals surface area contributed by atoms with Crippen LogP contribution in [0.25, 0.3) is 0 Å². The van der Waals surface area contributed by atoms with Gasteiger partial charge in [-0.15, -0.1) is 0 Å². The van der Waals surface area contributed by atoms with Gasteiger partial charge in [0.1, 0.15) is 0 Å². The minimum Gasteiger partial charge on any atom is -0.0683 e. The second kappa shape index (κ2) is 10.2. The van der Waals surface area contributed by atoms with Crippen molar-refractivity contribution >= 4 is 0 Å². The molecule has 18 heavy (non-hydrogen) atoms. The Hall–Kier alpha value is -0.780. The Morgan fingerprint density at radius 2 is 0.778 bits per heavy atom. The van der Waals surface area contributed by atoms with E-state index in [1.165, 1.54) is 22.3 Å². The second-order valence-corrected chi connectivity index (χ2v) is 4.16. The van der Waals surface area contributed by atoms with Crippen molar-refractivity contribution in [3.05, 3.63) is 33.4 Å². The highest BCUT2D eigenvalue weighted by molar-refractivity contribution is 5.49. The molecule has 0 unspecified atom stereocenters. The molecule has 0 atom stereocenters. The third-order valence-corrected chi connectivity index (χ3v) is 3.64. The largest absolute Gasteiger partial charge is 0.0683 e. The first-order chi connectivity index (χ1) is 8.54. The smallest absolute Gasteiger partial charge is 0.0302 e. The molecule has 0 nitrogen and oxygen atoms in total. The molecule has 0 aliphatic heterocycles. The molecule has 1 aromatic carbocycles. The molecule has 0 aliphatic rings. The summed E-state index contributed by atoms with van der Waals surface area (Å²) in [4.78, 5) is 0. The first-order valence-corrected chi connectivity index (χ1v) is 7.62. The van der Waals surface area contributed by atoms with E-state index in [0.717, 1.165) is 12.8 Å². The molecule has 0 aliphatic carbocycles. The Labute approximate surface area is 116 Å². The quantitative estimate of drug-likeness (QED) is 0.595. The van der Waals surface area contributed by atoms with E-state index in [0.29, 0.717) is 0 Å². The maximum absolute atomic E-state index is 2.27. The average molecular weight is 250 g/mol. The van der Waals surface area contributed by atoms with Crippen molar-refractivity contribution in [1.82, 2.24) is 0 Å². The number of hydrogen-bond donors (Lipinski definition) is 0. The summed E-state index contributed by atoms with van der Waals surface area (Å²) < 4.78 is 0. The average Bonchev–Trinajstić information content (AvgIpc) is 2.42. The van der Waals surface area contributed by atoms with Crippen LogP contribution >= 0.6 is 0 Å². The lowest BCUT2D eigenvalue weighted by Crippen LogP contribution is -2.03. The molecule has 0 bridgehead atoms. The fourth-order valence-electron chi connectivity index (χ4n) is 2.54. The van der Waals surface area contributed by atoms with Gasteiger partial charge in [0.25, 0.3) is 0 Å². The Balaban J connectivity index is 0. The van der Waals surface area contributed by atoms with Gasteiger partial charge in [-0.2, -0.15) is 0 Å². The van der Waals surface area contributed by atoms with Crippen LogP contribution in [-0.2, 0) is 12.8 Å². The minimum atomic E-state index is 1.16. The third-order valence-electron chi connectivity index (χ3n) is 3.64. The summed E-state index contributed by atoms with van der Waals surface area (Å²) in [7, 11) is 0. The van der Waals surface area contributed by atoms with E-state index in [1.54, 1.807) is 11.1 Å². The fraction of sp³-hybridized carbons (Fsp3) is 0.667. The van der Waals surface area contributed by atoms with Gasteiger partial charge in [0.05, 0.1) is 0 Å². The standard InChI is InChI=1S/C14H22.2C2H6/c1-7-13-10(4)9(3)11(5)14(8-2)12(13)6;2*1-2/h7-8H2,1-6H3;2*1-2H3. The lowest BCUT2D eigenvalue weighted by molar-refractivity contribution is 0.992. The van der Waals surface area contributed by atoms with Gasteiger partial charge in [0.15, 0.2) is 0 Å². The molecule has 0 saturated heterocycles. The van der Waals surface area contributed by atoms with Gasteiger partial charge in [0, 0.05) is 0 Å². The van der Waals surface area contributed by atoms with Gasteiger partial charge >= 0.3 is 0 Å². The van der Waals surface area contributed by atoms with Gasteiger partial charge in [-0.05, 0) is 73.9 Å². The Kier molecular flexibility index (Phi) is 11.1. The molecule has 1 aromatic rings. The second-order valence-electron chi connectivity index (χ2n) is 4.16. The van der Waals surface area contributed by atoms with E-state index in [1.807, 2.05) is 27.7 Å². The topological polar surface area (TPSA) is 0 Å². The van der Waals surface area contributed by atoms with Crippen LogP contribution in [-0.4, -0.2) is 0 Å². The summed E-state index contributed by atoms with van der Waals surface area (Å²) >= 11 is 0. The van der Waals surface area contributed by atoms with Crippen molar-refractivity contribution in [3.8, 4) is 0 Å². The van der Waals surface area contributed by atoms with Crippen molar-refractivity contribution in [3.63, 3.8) is 0 Å². The monoisotopic (exact) mass is 250 g/mol. The molecule has 0 N–H and O–H groups in total. The Morgan fingerprint density at radius 1 is 0.500 bits per heavy atom. The summed E-state index contributed by atoms with van der Waals surface area (Å²) in [6, 6.07) is 0. The molecule has 0 amide bonds. The van der Waals surface area contributed by atoms with Crippen LogP contribution in [0.1, 0.15) is 74.9 Å². The van der Waals surface area contributed by atoms with Crippen LogP contribution in [0, 0.1) is 27.7 Å². The zero-order valence-corrected chi connectivity index (χ0v) is 14.4. The van der Waals surface area contributed by atoms with Gasteiger partial charge in [-0.1, -0.05) is 41.5 Å². The summed E-state index contributed by atoms with van der Waals surface area (Å²) in [5, 5.41) is 0. The zero-order valence-electron chi connectivity index (χ0n) is 14.4. The summed E-state index contributed by atoms with van der Waals surface area (Å²) in [5.41, 5.74) is 9.13. The number of rotatable bonds is 2. The first-order valence-electron chi connectivity index (χ1n) is 7.62. The summed E-state index contributed by atoms with van der Waals surface area (Å²) in [5.74, 6) is 0. The normalized spacial score (nSPS) is 9.00. The van der Waals surface area contributed by atoms with E-state index >= 15 is 0 Å². The molecule has 0 spiro atoms. The highest BCUT2D eigenvalue weighted by Gasteiger charge is 2.11. The van der Waals surface area contributed by atoms with E-state index in [-0.39, 0.29) is 0 Å². The van der Waals surface area contributed by atoms with Crippen LogP contribution in [0.5, 0.6) is 0 Å².